The number of carbonyl (C=O) groups is 1. The molecule has 0 heterocycles. The second-order valence-electron chi connectivity index (χ2n) is 4.93. The summed E-state index contributed by atoms with van der Waals surface area (Å²) in [6, 6.07) is 13.5. The van der Waals surface area contributed by atoms with Crippen LogP contribution in [-0.2, 0) is 4.79 Å². The highest BCUT2D eigenvalue weighted by atomic mass is 32.2. The third kappa shape index (κ3) is 6.50. The summed E-state index contributed by atoms with van der Waals surface area (Å²) in [7, 11) is 1.61. The van der Waals surface area contributed by atoms with Gasteiger partial charge in [0.25, 0.3) is 0 Å². The lowest BCUT2D eigenvalue weighted by Gasteiger charge is -2.08. The lowest BCUT2D eigenvalue weighted by atomic mass is 10.3. The van der Waals surface area contributed by atoms with E-state index in [0.29, 0.717) is 25.3 Å². The molecule has 0 spiro atoms. The molecule has 0 fully saturated rings. The van der Waals surface area contributed by atoms with E-state index < -0.39 is 0 Å². The van der Waals surface area contributed by atoms with Gasteiger partial charge in [0.1, 0.15) is 23.9 Å². The fraction of sp³-hybridized carbons (Fsp3) is 0.278. The van der Waals surface area contributed by atoms with Crippen molar-refractivity contribution in [2.75, 3.05) is 26.0 Å². The molecule has 24 heavy (non-hydrogen) atoms. The lowest BCUT2D eigenvalue weighted by Crippen LogP contribution is -2.28. The van der Waals surface area contributed by atoms with Crippen LogP contribution in [0.25, 0.3) is 0 Å². The second kappa shape index (κ2) is 9.82. The summed E-state index contributed by atoms with van der Waals surface area (Å²) in [4.78, 5) is 12.7. The van der Waals surface area contributed by atoms with Crippen molar-refractivity contribution in [3.05, 3.63) is 54.3 Å². The Hall–Kier alpha value is -2.21. The van der Waals surface area contributed by atoms with E-state index in [4.69, 9.17) is 9.47 Å². The summed E-state index contributed by atoms with van der Waals surface area (Å²) < 4.78 is 23.4. The van der Waals surface area contributed by atoms with E-state index >= 15 is 0 Å². The number of methoxy groups -OCH3 is 1. The van der Waals surface area contributed by atoms with Crippen molar-refractivity contribution in [1.29, 1.82) is 0 Å². The number of amides is 1. The smallest absolute Gasteiger partial charge is 0.220 e. The number of halogens is 1. The van der Waals surface area contributed by atoms with Crippen molar-refractivity contribution in [3.63, 3.8) is 0 Å². The van der Waals surface area contributed by atoms with Gasteiger partial charge < -0.3 is 14.8 Å². The fourth-order valence-electron chi connectivity index (χ4n) is 1.91. The zero-order chi connectivity index (χ0) is 17.2. The molecule has 6 heteroatoms. The molecule has 0 bridgehead atoms. The van der Waals surface area contributed by atoms with E-state index in [-0.39, 0.29) is 11.7 Å². The third-order valence-corrected chi connectivity index (χ3v) is 4.18. The predicted molar refractivity (Wildman–Crippen MR) is 93.2 cm³/mol. The van der Waals surface area contributed by atoms with Gasteiger partial charge in [0.05, 0.1) is 13.7 Å². The maximum atomic E-state index is 12.8. The van der Waals surface area contributed by atoms with E-state index in [2.05, 4.69) is 5.32 Å². The summed E-state index contributed by atoms with van der Waals surface area (Å²) in [5, 5.41) is 2.81. The van der Waals surface area contributed by atoms with Crippen molar-refractivity contribution in [2.24, 2.45) is 0 Å². The average Bonchev–Trinajstić information content (AvgIpc) is 2.61. The van der Waals surface area contributed by atoms with E-state index in [0.717, 1.165) is 16.4 Å². The largest absolute Gasteiger partial charge is 0.497 e. The van der Waals surface area contributed by atoms with Gasteiger partial charge in [-0.2, -0.15) is 0 Å². The zero-order valence-electron chi connectivity index (χ0n) is 13.5. The molecule has 0 atom stereocenters. The van der Waals surface area contributed by atoms with Crippen LogP contribution < -0.4 is 14.8 Å². The van der Waals surface area contributed by atoms with Crippen molar-refractivity contribution in [2.45, 2.75) is 11.3 Å². The summed E-state index contributed by atoms with van der Waals surface area (Å²) in [6.45, 7) is 0.856. The molecule has 0 aliphatic rings. The highest BCUT2D eigenvalue weighted by Crippen LogP contribution is 2.19. The van der Waals surface area contributed by atoms with Gasteiger partial charge in [-0.3, -0.25) is 4.79 Å². The monoisotopic (exact) mass is 349 g/mol. The Balaban J connectivity index is 1.56. The van der Waals surface area contributed by atoms with Gasteiger partial charge >= 0.3 is 0 Å². The van der Waals surface area contributed by atoms with Gasteiger partial charge in [0, 0.05) is 17.1 Å². The van der Waals surface area contributed by atoms with Crippen molar-refractivity contribution < 1.29 is 18.7 Å². The number of nitrogens with one attached hydrogen (secondary N) is 1. The molecule has 0 aliphatic carbocycles. The Kier molecular flexibility index (Phi) is 7.42. The highest BCUT2D eigenvalue weighted by molar-refractivity contribution is 7.99. The van der Waals surface area contributed by atoms with E-state index in [1.165, 1.54) is 23.9 Å². The van der Waals surface area contributed by atoms with Crippen LogP contribution in [0.3, 0.4) is 0 Å². The van der Waals surface area contributed by atoms with Crippen LogP contribution in [0.2, 0.25) is 0 Å². The number of thioether (sulfide) groups is 1. The summed E-state index contributed by atoms with van der Waals surface area (Å²) in [5.74, 6) is 1.87. The highest BCUT2D eigenvalue weighted by Gasteiger charge is 2.02. The molecule has 0 saturated heterocycles. The minimum absolute atomic E-state index is 0.0251. The molecule has 1 amide bonds. The third-order valence-electron chi connectivity index (χ3n) is 3.16. The lowest BCUT2D eigenvalue weighted by molar-refractivity contribution is -0.120. The Morgan fingerprint density at radius 3 is 2.42 bits per heavy atom. The van der Waals surface area contributed by atoms with Crippen LogP contribution in [0, 0.1) is 5.82 Å². The first-order valence-electron chi connectivity index (χ1n) is 7.59. The molecule has 2 aromatic rings. The number of hydrogen-bond donors (Lipinski definition) is 1. The molecule has 1 N–H and O–H groups in total. The maximum Gasteiger partial charge on any atom is 0.220 e. The molecule has 0 aromatic heterocycles. The van der Waals surface area contributed by atoms with Gasteiger partial charge in [0.15, 0.2) is 0 Å². The van der Waals surface area contributed by atoms with Gasteiger partial charge in [-0.15, -0.1) is 11.8 Å². The van der Waals surface area contributed by atoms with Crippen LogP contribution in [0.5, 0.6) is 11.5 Å². The standard InChI is InChI=1S/C18H20FNO3S/c1-22-15-4-6-16(7-5-15)23-12-11-20-18(21)10-13-24-17-8-2-14(19)3-9-17/h2-9H,10-13H2,1H3,(H,20,21). The van der Waals surface area contributed by atoms with Crippen molar-refractivity contribution in [1.82, 2.24) is 5.32 Å². The van der Waals surface area contributed by atoms with Gasteiger partial charge in [-0.05, 0) is 48.5 Å². The molecule has 2 rings (SSSR count). The Bertz CT molecular complexity index is 632. The minimum atomic E-state index is -0.256. The normalized spacial score (nSPS) is 10.2. The number of ether oxygens (including phenoxy) is 2. The predicted octanol–water partition coefficient (Wildman–Crippen LogP) is 3.51. The number of benzene rings is 2. The van der Waals surface area contributed by atoms with Crippen LogP contribution >= 0.6 is 11.8 Å². The summed E-state index contributed by atoms with van der Waals surface area (Å²) in [5.41, 5.74) is 0. The van der Waals surface area contributed by atoms with E-state index in [9.17, 15) is 9.18 Å². The molecule has 128 valence electrons. The van der Waals surface area contributed by atoms with Crippen LogP contribution in [0.4, 0.5) is 4.39 Å². The van der Waals surface area contributed by atoms with Crippen molar-refractivity contribution >= 4 is 17.7 Å². The Morgan fingerprint density at radius 2 is 1.75 bits per heavy atom. The first kappa shape index (κ1) is 18.1. The molecule has 4 nitrogen and oxygen atoms in total. The molecule has 2 aromatic carbocycles. The number of hydrogen-bond acceptors (Lipinski definition) is 4. The van der Waals surface area contributed by atoms with Gasteiger partial charge in [0.2, 0.25) is 5.91 Å². The molecular formula is C18H20FNO3S. The van der Waals surface area contributed by atoms with Gasteiger partial charge in [-0.25, -0.2) is 4.39 Å². The van der Waals surface area contributed by atoms with Crippen molar-refractivity contribution in [3.8, 4) is 11.5 Å². The first-order valence-corrected chi connectivity index (χ1v) is 8.58. The zero-order valence-corrected chi connectivity index (χ0v) is 14.3. The Labute approximate surface area is 145 Å². The van der Waals surface area contributed by atoms with Crippen LogP contribution in [0.1, 0.15) is 6.42 Å². The Morgan fingerprint density at radius 1 is 1.08 bits per heavy atom. The van der Waals surface area contributed by atoms with E-state index in [1.54, 1.807) is 19.2 Å². The molecular weight excluding hydrogens is 329 g/mol. The quantitative estimate of drug-likeness (QED) is 0.556. The minimum Gasteiger partial charge on any atom is -0.497 e. The fourth-order valence-corrected chi connectivity index (χ4v) is 2.76. The molecule has 0 aliphatic heterocycles. The summed E-state index contributed by atoms with van der Waals surface area (Å²) in [6.07, 6.45) is 0.407. The molecule has 0 radical (unpaired) electrons. The van der Waals surface area contributed by atoms with E-state index in [1.807, 2.05) is 24.3 Å². The number of carbonyl (C=O) groups excluding carboxylic acids is 1. The first-order chi connectivity index (χ1) is 11.7. The molecule has 0 unspecified atom stereocenters. The second-order valence-corrected chi connectivity index (χ2v) is 6.09. The van der Waals surface area contributed by atoms with Crippen LogP contribution in [-0.4, -0.2) is 31.9 Å². The SMILES string of the molecule is COc1ccc(OCCNC(=O)CCSc2ccc(F)cc2)cc1. The maximum absolute atomic E-state index is 12.8. The van der Waals surface area contributed by atoms with Gasteiger partial charge in [-0.1, -0.05) is 0 Å². The average molecular weight is 349 g/mol. The van der Waals surface area contributed by atoms with Crippen LogP contribution in [0.15, 0.2) is 53.4 Å². The molecule has 0 saturated carbocycles. The topological polar surface area (TPSA) is 47.6 Å². The number of rotatable bonds is 9. The summed E-state index contributed by atoms with van der Waals surface area (Å²) >= 11 is 1.53.